The molecule has 0 radical (unpaired) electrons. The molecule has 0 spiro atoms. The van der Waals surface area contributed by atoms with Gasteiger partial charge in [-0.1, -0.05) is 0 Å². The normalized spacial score (nSPS) is 16.9. The minimum absolute atomic E-state index is 0.386. The smallest absolute Gasteiger partial charge is 0.227 e. The van der Waals surface area contributed by atoms with Crippen molar-refractivity contribution < 1.29 is 0 Å². The molecule has 0 unspecified atom stereocenters. The molecule has 1 saturated heterocycles. The van der Waals surface area contributed by atoms with Crippen molar-refractivity contribution in [3.8, 4) is 0 Å². The lowest BCUT2D eigenvalue weighted by Crippen LogP contribution is -2.41. The summed E-state index contributed by atoms with van der Waals surface area (Å²) in [6.45, 7) is 6.38. The van der Waals surface area contributed by atoms with Crippen LogP contribution in [0, 0.1) is 0 Å². The predicted molar refractivity (Wildman–Crippen MR) is 75.1 cm³/mol. The third-order valence-corrected chi connectivity index (χ3v) is 3.25. The van der Waals surface area contributed by atoms with Crippen LogP contribution in [0.1, 0.15) is 26.7 Å². The molecule has 0 aromatic carbocycles. The quantitative estimate of drug-likeness (QED) is 0.846. The Kier molecular flexibility index (Phi) is 4.36. The SMILES string of the molecule is CC(C)Nc1ccnc(N(C)C2CCNCC2)n1. The van der Waals surface area contributed by atoms with Crippen molar-refractivity contribution in [1.29, 1.82) is 0 Å². The van der Waals surface area contributed by atoms with Crippen molar-refractivity contribution in [2.75, 3.05) is 30.4 Å². The summed E-state index contributed by atoms with van der Waals surface area (Å²) in [5.74, 6) is 1.71. The summed E-state index contributed by atoms with van der Waals surface area (Å²) in [5, 5.41) is 6.69. The summed E-state index contributed by atoms with van der Waals surface area (Å²) in [6.07, 6.45) is 4.13. The molecule has 2 rings (SSSR count). The monoisotopic (exact) mass is 249 g/mol. The maximum Gasteiger partial charge on any atom is 0.227 e. The van der Waals surface area contributed by atoms with E-state index in [4.69, 9.17) is 0 Å². The van der Waals surface area contributed by atoms with Gasteiger partial charge in [-0.15, -0.1) is 0 Å². The van der Waals surface area contributed by atoms with Crippen LogP contribution in [0.2, 0.25) is 0 Å². The van der Waals surface area contributed by atoms with Crippen molar-refractivity contribution in [2.24, 2.45) is 0 Å². The van der Waals surface area contributed by atoms with Crippen LogP contribution in [-0.2, 0) is 0 Å². The summed E-state index contributed by atoms with van der Waals surface area (Å²) in [6, 6.07) is 2.84. The first-order valence-electron chi connectivity index (χ1n) is 6.70. The molecule has 0 aliphatic carbocycles. The highest BCUT2D eigenvalue weighted by molar-refractivity contribution is 5.41. The number of hydrogen-bond acceptors (Lipinski definition) is 5. The van der Waals surface area contributed by atoms with Gasteiger partial charge in [0.2, 0.25) is 5.95 Å². The fourth-order valence-corrected chi connectivity index (χ4v) is 2.25. The molecule has 2 heterocycles. The number of aromatic nitrogens is 2. The van der Waals surface area contributed by atoms with Crippen LogP contribution >= 0.6 is 0 Å². The van der Waals surface area contributed by atoms with Crippen molar-refractivity contribution >= 4 is 11.8 Å². The molecule has 0 atom stereocenters. The summed E-state index contributed by atoms with van der Waals surface area (Å²) in [7, 11) is 2.09. The molecule has 18 heavy (non-hydrogen) atoms. The Labute approximate surface area is 109 Å². The lowest BCUT2D eigenvalue weighted by Gasteiger charge is -2.31. The van der Waals surface area contributed by atoms with Gasteiger partial charge in [0.05, 0.1) is 0 Å². The minimum atomic E-state index is 0.386. The van der Waals surface area contributed by atoms with E-state index in [9.17, 15) is 0 Å². The lowest BCUT2D eigenvalue weighted by molar-refractivity contribution is 0.440. The molecule has 0 bridgehead atoms. The average molecular weight is 249 g/mol. The lowest BCUT2D eigenvalue weighted by atomic mass is 10.1. The van der Waals surface area contributed by atoms with Crippen molar-refractivity contribution in [3.05, 3.63) is 12.3 Å². The van der Waals surface area contributed by atoms with Gasteiger partial charge < -0.3 is 15.5 Å². The Morgan fingerprint density at radius 1 is 1.39 bits per heavy atom. The maximum absolute atomic E-state index is 4.57. The average Bonchev–Trinajstić information content (AvgIpc) is 2.38. The highest BCUT2D eigenvalue weighted by Crippen LogP contribution is 2.17. The van der Waals surface area contributed by atoms with Gasteiger partial charge in [-0.2, -0.15) is 4.98 Å². The van der Waals surface area contributed by atoms with Crippen LogP contribution in [-0.4, -0.2) is 42.2 Å². The number of hydrogen-bond donors (Lipinski definition) is 2. The Bertz CT molecular complexity index is 373. The highest BCUT2D eigenvalue weighted by atomic mass is 15.3. The Morgan fingerprint density at radius 2 is 2.11 bits per heavy atom. The summed E-state index contributed by atoms with van der Waals surface area (Å²) < 4.78 is 0. The molecule has 1 aromatic heterocycles. The van der Waals surface area contributed by atoms with E-state index in [1.54, 1.807) is 0 Å². The fourth-order valence-electron chi connectivity index (χ4n) is 2.25. The Hall–Kier alpha value is -1.36. The van der Waals surface area contributed by atoms with Gasteiger partial charge in [-0.05, 0) is 45.8 Å². The van der Waals surface area contributed by atoms with Crippen LogP contribution in [0.25, 0.3) is 0 Å². The molecule has 1 aromatic rings. The van der Waals surface area contributed by atoms with Crippen LogP contribution in [0.15, 0.2) is 12.3 Å². The standard InChI is InChI=1S/C13H23N5/c1-10(2)16-12-6-9-15-13(17-12)18(3)11-4-7-14-8-5-11/h6,9-11,14H,4-5,7-8H2,1-3H3,(H,15,16,17). The zero-order chi connectivity index (χ0) is 13.0. The van der Waals surface area contributed by atoms with E-state index >= 15 is 0 Å². The van der Waals surface area contributed by atoms with Crippen LogP contribution < -0.4 is 15.5 Å². The van der Waals surface area contributed by atoms with Crippen molar-refractivity contribution in [3.63, 3.8) is 0 Å². The first-order valence-corrected chi connectivity index (χ1v) is 6.70. The fraction of sp³-hybridized carbons (Fsp3) is 0.692. The molecular weight excluding hydrogens is 226 g/mol. The first kappa shape index (κ1) is 13.1. The topological polar surface area (TPSA) is 53.1 Å². The van der Waals surface area contributed by atoms with E-state index < -0.39 is 0 Å². The van der Waals surface area contributed by atoms with E-state index in [1.807, 2.05) is 12.3 Å². The van der Waals surface area contributed by atoms with E-state index in [1.165, 1.54) is 0 Å². The Balaban J connectivity index is 2.06. The largest absolute Gasteiger partial charge is 0.368 e. The second-order valence-corrected chi connectivity index (χ2v) is 5.13. The zero-order valence-electron chi connectivity index (χ0n) is 11.5. The number of nitrogens with one attached hydrogen (secondary N) is 2. The van der Waals surface area contributed by atoms with Gasteiger partial charge in [0.15, 0.2) is 0 Å². The molecule has 5 nitrogen and oxygen atoms in total. The molecule has 100 valence electrons. The van der Waals surface area contributed by atoms with E-state index in [-0.39, 0.29) is 0 Å². The molecule has 0 saturated carbocycles. The highest BCUT2D eigenvalue weighted by Gasteiger charge is 2.19. The van der Waals surface area contributed by atoms with Crippen LogP contribution in [0.4, 0.5) is 11.8 Å². The minimum Gasteiger partial charge on any atom is -0.368 e. The summed E-state index contributed by atoms with van der Waals surface area (Å²) in [5.41, 5.74) is 0. The van der Waals surface area contributed by atoms with Gasteiger partial charge in [0, 0.05) is 25.3 Å². The molecule has 1 aliphatic rings. The third kappa shape index (κ3) is 3.32. The predicted octanol–water partition coefficient (Wildman–Crippen LogP) is 1.49. The number of rotatable bonds is 4. The second-order valence-electron chi connectivity index (χ2n) is 5.13. The van der Waals surface area contributed by atoms with Crippen LogP contribution in [0.5, 0.6) is 0 Å². The van der Waals surface area contributed by atoms with Crippen LogP contribution in [0.3, 0.4) is 0 Å². The van der Waals surface area contributed by atoms with Gasteiger partial charge in [0.25, 0.3) is 0 Å². The second kappa shape index (κ2) is 6.00. The van der Waals surface area contributed by atoms with Gasteiger partial charge in [0.1, 0.15) is 5.82 Å². The maximum atomic E-state index is 4.57. The first-order chi connectivity index (χ1) is 8.66. The summed E-state index contributed by atoms with van der Waals surface area (Å²) in [4.78, 5) is 11.1. The summed E-state index contributed by atoms with van der Waals surface area (Å²) >= 11 is 0. The van der Waals surface area contributed by atoms with Crippen molar-refractivity contribution in [1.82, 2.24) is 15.3 Å². The molecule has 1 fully saturated rings. The Morgan fingerprint density at radius 3 is 2.78 bits per heavy atom. The molecule has 0 amide bonds. The number of anilines is 2. The number of piperidine rings is 1. The van der Waals surface area contributed by atoms with E-state index in [0.717, 1.165) is 37.7 Å². The molecule has 1 aliphatic heterocycles. The number of nitrogens with zero attached hydrogens (tertiary/aromatic N) is 3. The third-order valence-electron chi connectivity index (χ3n) is 3.25. The molecule has 2 N–H and O–H groups in total. The molecular formula is C13H23N5. The molecule has 5 heteroatoms. The van der Waals surface area contributed by atoms with Gasteiger partial charge in [-0.3, -0.25) is 0 Å². The van der Waals surface area contributed by atoms with Gasteiger partial charge >= 0.3 is 0 Å². The van der Waals surface area contributed by atoms with Gasteiger partial charge in [-0.25, -0.2) is 4.98 Å². The van der Waals surface area contributed by atoms with E-state index in [0.29, 0.717) is 12.1 Å². The van der Waals surface area contributed by atoms with Crippen molar-refractivity contribution in [2.45, 2.75) is 38.8 Å². The van der Waals surface area contributed by atoms with E-state index in [2.05, 4.69) is 46.4 Å². The zero-order valence-corrected chi connectivity index (χ0v) is 11.5.